The molecule has 19 heavy (non-hydrogen) atoms. The summed E-state index contributed by atoms with van der Waals surface area (Å²) in [6, 6.07) is 1.37. The standard InChI is InChI=1S/C15H28N2OS/c1-13(17-6-2-3-7-17)11-16-14-4-8-18-15(10-14)5-9-19-12-15/h13-14,16H,2-12H2,1H3. The summed E-state index contributed by atoms with van der Waals surface area (Å²) in [5, 5.41) is 3.82. The predicted molar refractivity (Wildman–Crippen MR) is 81.9 cm³/mol. The first-order valence-electron chi connectivity index (χ1n) is 7.97. The fraction of sp³-hybridized carbons (Fsp3) is 1.00. The maximum absolute atomic E-state index is 6.09. The van der Waals surface area contributed by atoms with Gasteiger partial charge < -0.3 is 10.1 Å². The second kappa shape index (κ2) is 6.33. The average Bonchev–Trinajstić information content (AvgIpc) is 3.08. The van der Waals surface area contributed by atoms with E-state index in [0.29, 0.717) is 12.1 Å². The van der Waals surface area contributed by atoms with Crippen molar-refractivity contribution in [1.29, 1.82) is 0 Å². The Balaban J connectivity index is 1.44. The summed E-state index contributed by atoms with van der Waals surface area (Å²) in [6.45, 7) is 7.08. The second-order valence-electron chi connectivity index (χ2n) is 6.52. The zero-order chi connectivity index (χ0) is 13.1. The van der Waals surface area contributed by atoms with Gasteiger partial charge in [0.25, 0.3) is 0 Å². The van der Waals surface area contributed by atoms with E-state index in [1.54, 1.807) is 0 Å². The molecule has 0 aromatic heterocycles. The highest BCUT2D eigenvalue weighted by molar-refractivity contribution is 7.99. The van der Waals surface area contributed by atoms with Gasteiger partial charge in [-0.2, -0.15) is 11.8 Å². The molecule has 1 N–H and O–H groups in total. The average molecular weight is 284 g/mol. The van der Waals surface area contributed by atoms with E-state index in [2.05, 4.69) is 28.9 Å². The van der Waals surface area contributed by atoms with Gasteiger partial charge in [0.2, 0.25) is 0 Å². The van der Waals surface area contributed by atoms with Crippen LogP contribution < -0.4 is 5.32 Å². The monoisotopic (exact) mass is 284 g/mol. The Kier molecular flexibility index (Phi) is 4.73. The zero-order valence-corrected chi connectivity index (χ0v) is 13.0. The van der Waals surface area contributed by atoms with Gasteiger partial charge in [0.15, 0.2) is 0 Å². The van der Waals surface area contributed by atoms with Crippen LogP contribution in [0.5, 0.6) is 0 Å². The quantitative estimate of drug-likeness (QED) is 0.854. The zero-order valence-electron chi connectivity index (χ0n) is 12.2. The predicted octanol–water partition coefficient (Wildman–Crippen LogP) is 2.12. The number of nitrogens with one attached hydrogen (secondary N) is 1. The van der Waals surface area contributed by atoms with E-state index in [-0.39, 0.29) is 5.60 Å². The van der Waals surface area contributed by atoms with E-state index in [4.69, 9.17) is 4.74 Å². The lowest BCUT2D eigenvalue weighted by Crippen LogP contribution is -2.50. The topological polar surface area (TPSA) is 24.5 Å². The van der Waals surface area contributed by atoms with Crippen LogP contribution in [0.4, 0.5) is 0 Å². The van der Waals surface area contributed by atoms with Crippen molar-refractivity contribution >= 4 is 11.8 Å². The van der Waals surface area contributed by atoms with Crippen molar-refractivity contribution in [2.75, 3.05) is 37.7 Å². The molecule has 1 spiro atoms. The van der Waals surface area contributed by atoms with Gasteiger partial charge >= 0.3 is 0 Å². The molecular weight excluding hydrogens is 256 g/mol. The maximum Gasteiger partial charge on any atom is 0.0795 e. The molecule has 3 nitrogen and oxygen atoms in total. The van der Waals surface area contributed by atoms with E-state index in [1.165, 1.54) is 56.7 Å². The highest BCUT2D eigenvalue weighted by Crippen LogP contribution is 2.38. The van der Waals surface area contributed by atoms with Crippen molar-refractivity contribution in [2.45, 2.75) is 56.7 Å². The molecular formula is C15H28N2OS. The van der Waals surface area contributed by atoms with Crippen molar-refractivity contribution in [2.24, 2.45) is 0 Å². The molecule has 3 heterocycles. The Morgan fingerprint density at radius 3 is 3.00 bits per heavy atom. The molecule has 3 aliphatic rings. The molecule has 0 radical (unpaired) electrons. The summed E-state index contributed by atoms with van der Waals surface area (Å²) in [5.41, 5.74) is 0.220. The molecule has 3 fully saturated rings. The smallest absolute Gasteiger partial charge is 0.0795 e. The summed E-state index contributed by atoms with van der Waals surface area (Å²) in [7, 11) is 0. The van der Waals surface area contributed by atoms with E-state index in [1.807, 2.05) is 0 Å². The molecule has 0 aromatic rings. The van der Waals surface area contributed by atoms with Gasteiger partial charge in [-0.15, -0.1) is 0 Å². The molecule has 3 aliphatic heterocycles. The Bertz CT molecular complexity index is 288. The van der Waals surface area contributed by atoms with Crippen LogP contribution in [0.25, 0.3) is 0 Å². The second-order valence-corrected chi connectivity index (χ2v) is 7.63. The molecule has 0 saturated carbocycles. The van der Waals surface area contributed by atoms with Gasteiger partial charge in [0.1, 0.15) is 0 Å². The fourth-order valence-corrected chi connectivity index (χ4v) is 5.09. The lowest BCUT2D eigenvalue weighted by molar-refractivity contribution is -0.0705. The third-order valence-electron chi connectivity index (χ3n) is 5.03. The van der Waals surface area contributed by atoms with Crippen molar-refractivity contribution in [3.63, 3.8) is 0 Å². The van der Waals surface area contributed by atoms with E-state index >= 15 is 0 Å². The van der Waals surface area contributed by atoms with E-state index in [9.17, 15) is 0 Å². The van der Waals surface area contributed by atoms with Gasteiger partial charge in [0, 0.05) is 31.0 Å². The lowest BCUT2D eigenvalue weighted by atomic mass is 9.90. The molecule has 3 saturated heterocycles. The number of ether oxygens (including phenoxy) is 1. The van der Waals surface area contributed by atoms with Gasteiger partial charge in [-0.1, -0.05) is 0 Å². The lowest BCUT2D eigenvalue weighted by Gasteiger charge is -2.39. The molecule has 0 aliphatic carbocycles. The number of rotatable bonds is 4. The Morgan fingerprint density at radius 1 is 1.42 bits per heavy atom. The Morgan fingerprint density at radius 2 is 2.26 bits per heavy atom. The molecule has 3 atom stereocenters. The number of thioether (sulfide) groups is 1. The van der Waals surface area contributed by atoms with Crippen molar-refractivity contribution in [1.82, 2.24) is 10.2 Å². The van der Waals surface area contributed by atoms with Crippen LogP contribution >= 0.6 is 11.8 Å². The number of hydrogen-bond donors (Lipinski definition) is 1. The Labute approximate surface area is 121 Å². The van der Waals surface area contributed by atoms with Gasteiger partial charge in [-0.25, -0.2) is 0 Å². The minimum atomic E-state index is 0.220. The normalized spacial score (nSPS) is 38.1. The van der Waals surface area contributed by atoms with Crippen molar-refractivity contribution in [3.05, 3.63) is 0 Å². The highest BCUT2D eigenvalue weighted by Gasteiger charge is 2.40. The van der Waals surface area contributed by atoms with Crippen molar-refractivity contribution < 1.29 is 4.74 Å². The van der Waals surface area contributed by atoms with Crippen LogP contribution in [-0.2, 0) is 4.74 Å². The number of nitrogens with zero attached hydrogens (tertiary/aromatic N) is 1. The molecule has 3 unspecified atom stereocenters. The SMILES string of the molecule is CC(CNC1CCOC2(CCSC2)C1)N1CCCC1. The van der Waals surface area contributed by atoms with Gasteiger partial charge in [-0.05, 0) is 57.9 Å². The molecule has 0 aromatic carbocycles. The molecule has 0 bridgehead atoms. The first-order valence-corrected chi connectivity index (χ1v) is 9.12. The van der Waals surface area contributed by atoms with Crippen LogP contribution in [-0.4, -0.2) is 60.3 Å². The Hall–Kier alpha value is 0.230. The summed E-state index contributed by atoms with van der Waals surface area (Å²) in [6.07, 6.45) is 6.47. The highest BCUT2D eigenvalue weighted by atomic mass is 32.2. The first kappa shape index (κ1) is 14.2. The summed E-state index contributed by atoms with van der Waals surface area (Å²) in [5.74, 6) is 2.50. The van der Waals surface area contributed by atoms with Crippen LogP contribution in [0.1, 0.15) is 39.0 Å². The first-order chi connectivity index (χ1) is 9.27. The van der Waals surface area contributed by atoms with Gasteiger partial charge in [-0.3, -0.25) is 4.90 Å². The van der Waals surface area contributed by atoms with Gasteiger partial charge in [0.05, 0.1) is 5.60 Å². The largest absolute Gasteiger partial charge is 0.374 e. The third-order valence-corrected chi connectivity index (χ3v) is 6.25. The van der Waals surface area contributed by atoms with E-state index < -0.39 is 0 Å². The number of likely N-dealkylation sites (tertiary alicyclic amines) is 1. The van der Waals surface area contributed by atoms with Crippen LogP contribution in [0, 0.1) is 0 Å². The van der Waals surface area contributed by atoms with Crippen LogP contribution in [0.15, 0.2) is 0 Å². The molecule has 110 valence electrons. The number of hydrogen-bond acceptors (Lipinski definition) is 4. The summed E-state index contributed by atoms with van der Waals surface area (Å²) < 4.78 is 6.09. The van der Waals surface area contributed by atoms with Crippen molar-refractivity contribution in [3.8, 4) is 0 Å². The summed E-state index contributed by atoms with van der Waals surface area (Å²) in [4.78, 5) is 2.63. The van der Waals surface area contributed by atoms with Crippen LogP contribution in [0.3, 0.4) is 0 Å². The minimum absolute atomic E-state index is 0.220. The maximum atomic E-state index is 6.09. The summed E-state index contributed by atoms with van der Waals surface area (Å²) >= 11 is 2.07. The fourth-order valence-electron chi connectivity index (χ4n) is 3.71. The third kappa shape index (κ3) is 3.46. The molecule has 0 amide bonds. The molecule has 3 rings (SSSR count). The minimum Gasteiger partial charge on any atom is -0.374 e. The molecule has 4 heteroatoms. The van der Waals surface area contributed by atoms with Crippen LogP contribution in [0.2, 0.25) is 0 Å². The van der Waals surface area contributed by atoms with E-state index in [0.717, 1.165) is 13.2 Å².